The van der Waals surface area contributed by atoms with Crippen molar-refractivity contribution >= 4 is 22.4 Å². The maximum absolute atomic E-state index is 14.5. The molecule has 10 heteroatoms. The van der Waals surface area contributed by atoms with Crippen LogP contribution in [0.1, 0.15) is 10.4 Å². The number of methoxy groups -OCH3 is 2. The molecule has 5 aromatic rings. The third-order valence-electron chi connectivity index (χ3n) is 5.39. The van der Waals surface area contributed by atoms with E-state index in [2.05, 4.69) is 15.5 Å². The Hall–Kier alpha value is -4.57. The smallest absolute Gasteiger partial charge is 0.257 e. The van der Waals surface area contributed by atoms with E-state index in [0.717, 1.165) is 5.69 Å². The molecule has 36 heavy (non-hydrogen) atoms. The fourth-order valence-corrected chi connectivity index (χ4v) is 4.31. The normalized spacial score (nSPS) is 10.8. The van der Waals surface area contributed by atoms with Gasteiger partial charge in [0.2, 0.25) is 5.13 Å². The van der Waals surface area contributed by atoms with Gasteiger partial charge < -0.3 is 9.47 Å². The van der Waals surface area contributed by atoms with Crippen LogP contribution in [0.25, 0.3) is 27.5 Å². The van der Waals surface area contributed by atoms with E-state index in [1.54, 1.807) is 48.2 Å². The van der Waals surface area contributed by atoms with Crippen LogP contribution in [-0.4, -0.2) is 40.1 Å². The van der Waals surface area contributed by atoms with Crippen LogP contribution >= 0.6 is 11.3 Å². The van der Waals surface area contributed by atoms with Crippen molar-refractivity contribution in [2.75, 3.05) is 19.5 Å². The molecule has 0 saturated carbocycles. The average molecular weight is 502 g/mol. The first-order chi connectivity index (χ1) is 17.6. The van der Waals surface area contributed by atoms with Gasteiger partial charge in [-0.3, -0.25) is 10.1 Å². The van der Waals surface area contributed by atoms with Gasteiger partial charge in [-0.15, -0.1) is 10.2 Å². The topological polar surface area (TPSA) is 91.2 Å². The summed E-state index contributed by atoms with van der Waals surface area (Å²) in [6.07, 6.45) is 1.81. The summed E-state index contributed by atoms with van der Waals surface area (Å²) in [6.45, 7) is 0. The van der Waals surface area contributed by atoms with Gasteiger partial charge in [0.1, 0.15) is 11.4 Å². The van der Waals surface area contributed by atoms with Gasteiger partial charge in [-0.05, 0) is 54.6 Å². The molecule has 5 rings (SSSR count). The summed E-state index contributed by atoms with van der Waals surface area (Å²) in [5.74, 6) is -0.0254. The number of ether oxygens (including phenoxy) is 2. The molecule has 0 spiro atoms. The Morgan fingerprint density at radius 3 is 2.44 bits per heavy atom. The molecule has 0 fully saturated rings. The summed E-state index contributed by atoms with van der Waals surface area (Å²) in [5.41, 5.74) is 3.00. The summed E-state index contributed by atoms with van der Waals surface area (Å²) < 4.78 is 26.4. The molecule has 0 aliphatic carbocycles. The van der Waals surface area contributed by atoms with Crippen LogP contribution in [0, 0.1) is 5.82 Å². The van der Waals surface area contributed by atoms with E-state index in [0.29, 0.717) is 38.3 Å². The molecule has 0 atom stereocenters. The van der Waals surface area contributed by atoms with E-state index in [1.807, 2.05) is 36.5 Å². The summed E-state index contributed by atoms with van der Waals surface area (Å²) in [6, 6.07) is 20.9. The van der Waals surface area contributed by atoms with E-state index in [-0.39, 0.29) is 11.7 Å². The first-order valence-electron chi connectivity index (χ1n) is 10.8. The first-order valence-corrected chi connectivity index (χ1v) is 11.7. The second-order valence-corrected chi connectivity index (χ2v) is 8.59. The van der Waals surface area contributed by atoms with Gasteiger partial charge in [0.15, 0.2) is 16.6 Å². The molecule has 8 nitrogen and oxygen atoms in total. The summed E-state index contributed by atoms with van der Waals surface area (Å²) >= 11 is 1.20. The van der Waals surface area contributed by atoms with E-state index >= 15 is 0 Å². The molecule has 1 amide bonds. The summed E-state index contributed by atoms with van der Waals surface area (Å²) in [4.78, 5) is 12.7. The number of rotatable bonds is 7. The highest BCUT2D eigenvalue weighted by atomic mass is 32.1. The number of carbonyl (C=O) groups excluding carboxylic acids is 1. The fourth-order valence-electron chi connectivity index (χ4n) is 3.56. The van der Waals surface area contributed by atoms with E-state index in [9.17, 15) is 9.18 Å². The van der Waals surface area contributed by atoms with Gasteiger partial charge in [0, 0.05) is 17.3 Å². The van der Waals surface area contributed by atoms with Gasteiger partial charge in [0.25, 0.3) is 5.91 Å². The number of amides is 1. The monoisotopic (exact) mass is 501 g/mol. The van der Waals surface area contributed by atoms with Crippen LogP contribution in [-0.2, 0) is 0 Å². The molecular weight excluding hydrogens is 481 g/mol. The van der Waals surface area contributed by atoms with Gasteiger partial charge >= 0.3 is 0 Å². The molecule has 180 valence electrons. The predicted molar refractivity (Wildman–Crippen MR) is 135 cm³/mol. The number of aromatic nitrogens is 4. The molecule has 1 N–H and O–H groups in total. The van der Waals surface area contributed by atoms with Crippen LogP contribution < -0.4 is 14.8 Å². The van der Waals surface area contributed by atoms with Crippen LogP contribution in [0.3, 0.4) is 0 Å². The Balaban J connectivity index is 1.49. The second kappa shape index (κ2) is 9.96. The first kappa shape index (κ1) is 23.2. The zero-order valence-electron chi connectivity index (χ0n) is 19.3. The van der Waals surface area contributed by atoms with E-state index < -0.39 is 5.82 Å². The lowest BCUT2D eigenvalue weighted by Gasteiger charge is -2.04. The lowest BCUT2D eigenvalue weighted by molar-refractivity contribution is 0.102. The molecule has 0 bridgehead atoms. The van der Waals surface area contributed by atoms with Crippen molar-refractivity contribution in [3.05, 3.63) is 90.4 Å². The number of nitrogens with one attached hydrogen (secondary N) is 1. The Morgan fingerprint density at radius 1 is 0.972 bits per heavy atom. The quantitative estimate of drug-likeness (QED) is 0.318. The van der Waals surface area contributed by atoms with Crippen LogP contribution in [0.15, 0.2) is 79.0 Å². The van der Waals surface area contributed by atoms with Crippen molar-refractivity contribution in [1.29, 1.82) is 0 Å². The SMILES string of the molecule is COc1ccc(C(=O)Nc2nnc(-c3cn(-c4ccccc4)nc3-c3ccc(OC)c(F)c3)s2)cc1. The molecule has 0 aliphatic heterocycles. The van der Waals surface area contributed by atoms with Crippen LogP contribution in [0.4, 0.5) is 9.52 Å². The van der Waals surface area contributed by atoms with Gasteiger partial charge in [-0.1, -0.05) is 29.5 Å². The molecule has 0 radical (unpaired) electrons. The largest absolute Gasteiger partial charge is 0.497 e. The third-order valence-corrected chi connectivity index (χ3v) is 6.26. The number of nitrogens with zero attached hydrogens (tertiary/aromatic N) is 4. The second-order valence-electron chi connectivity index (χ2n) is 7.62. The maximum Gasteiger partial charge on any atom is 0.257 e. The van der Waals surface area contributed by atoms with E-state index in [1.165, 1.54) is 24.5 Å². The Kier molecular flexibility index (Phi) is 6.42. The molecule has 0 saturated heterocycles. The number of benzene rings is 3. The zero-order chi connectivity index (χ0) is 25.1. The van der Waals surface area contributed by atoms with Crippen molar-refractivity contribution < 1.29 is 18.7 Å². The maximum atomic E-state index is 14.5. The zero-order valence-corrected chi connectivity index (χ0v) is 20.1. The van der Waals surface area contributed by atoms with Crippen molar-refractivity contribution in [3.63, 3.8) is 0 Å². The lowest BCUT2D eigenvalue weighted by atomic mass is 10.1. The highest BCUT2D eigenvalue weighted by molar-refractivity contribution is 7.18. The Bertz CT molecular complexity index is 1520. The number of hydrogen-bond donors (Lipinski definition) is 1. The molecule has 3 aromatic carbocycles. The number of halogens is 1. The third kappa shape index (κ3) is 4.66. The minimum Gasteiger partial charge on any atom is -0.497 e. The van der Waals surface area contributed by atoms with Gasteiger partial charge in [-0.2, -0.15) is 5.10 Å². The predicted octanol–water partition coefficient (Wildman–Crippen LogP) is 5.47. The van der Waals surface area contributed by atoms with Crippen molar-refractivity contribution in [1.82, 2.24) is 20.0 Å². The minimum atomic E-state index is -0.500. The fraction of sp³-hybridized carbons (Fsp3) is 0.0769. The average Bonchev–Trinajstić information content (AvgIpc) is 3.56. The molecule has 2 heterocycles. The Labute approximate surface area is 210 Å². The van der Waals surface area contributed by atoms with Crippen LogP contribution in [0.5, 0.6) is 11.5 Å². The Morgan fingerprint density at radius 2 is 1.75 bits per heavy atom. The van der Waals surface area contributed by atoms with Crippen molar-refractivity contribution in [2.24, 2.45) is 0 Å². The summed E-state index contributed by atoms with van der Waals surface area (Å²) in [7, 11) is 2.98. The number of hydrogen-bond acceptors (Lipinski definition) is 7. The van der Waals surface area contributed by atoms with Crippen LogP contribution in [0.2, 0.25) is 0 Å². The van der Waals surface area contributed by atoms with Crippen molar-refractivity contribution in [3.8, 4) is 39.0 Å². The number of para-hydroxylation sites is 1. The standard InChI is InChI=1S/C26H20FN5O3S/c1-34-19-11-8-16(9-12-19)24(33)28-26-30-29-25(36-26)20-15-32(18-6-4-3-5-7-18)31-23(20)17-10-13-22(35-2)21(27)14-17/h3-15H,1-2H3,(H,28,30,33). The minimum absolute atomic E-state index is 0.141. The van der Waals surface area contributed by atoms with E-state index in [4.69, 9.17) is 14.6 Å². The summed E-state index contributed by atoms with van der Waals surface area (Å²) in [5, 5.41) is 16.7. The highest BCUT2D eigenvalue weighted by Gasteiger charge is 2.20. The lowest BCUT2D eigenvalue weighted by Crippen LogP contribution is -2.11. The number of carbonyl (C=O) groups is 1. The number of anilines is 1. The highest BCUT2D eigenvalue weighted by Crippen LogP contribution is 2.36. The molecule has 0 aliphatic rings. The van der Waals surface area contributed by atoms with Gasteiger partial charge in [0.05, 0.1) is 25.5 Å². The van der Waals surface area contributed by atoms with Gasteiger partial charge in [-0.25, -0.2) is 9.07 Å². The molecule has 2 aromatic heterocycles. The van der Waals surface area contributed by atoms with Crippen molar-refractivity contribution in [2.45, 2.75) is 0 Å². The molecule has 0 unspecified atom stereocenters. The molecular formula is C26H20FN5O3S.